The highest BCUT2D eigenvalue weighted by Crippen LogP contribution is 2.36. The molecule has 2 aliphatic heterocycles. The van der Waals surface area contributed by atoms with E-state index >= 15 is 0 Å². The molecule has 124 valence electrons. The van der Waals surface area contributed by atoms with Crippen LogP contribution in [-0.4, -0.2) is 60.0 Å². The van der Waals surface area contributed by atoms with Gasteiger partial charge in [0.1, 0.15) is 0 Å². The number of ether oxygens (including phenoxy) is 1. The van der Waals surface area contributed by atoms with E-state index in [1.54, 1.807) is 9.80 Å². The van der Waals surface area contributed by atoms with E-state index in [1.165, 1.54) is 25.7 Å². The lowest BCUT2D eigenvalue weighted by Gasteiger charge is -2.42. The first-order valence-electron chi connectivity index (χ1n) is 8.78. The Morgan fingerprint density at radius 2 is 1.41 bits per heavy atom. The molecule has 3 aliphatic rings. The molecular weight excluding hydrogens is 280 g/mol. The zero-order valence-electron chi connectivity index (χ0n) is 13.8. The normalized spacial score (nSPS) is 35.9. The molecule has 0 aromatic heterocycles. The van der Waals surface area contributed by atoms with Crippen molar-refractivity contribution in [2.45, 2.75) is 58.2 Å². The second kappa shape index (κ2) is 6.57. The van der Waals surface area contributed by atoms with Crippen molar-refractivity contribution in [3.8, 4) is 0 Å². The number of rotatable bonds is 0. The fourth-order valence-electron chi connectivity index (χ4n) is 4.40. The summed E-state index contributed by atoms with van der Waals surface area (Å²) in [4.78, 5) is 28.6. The van der Waals surface area contributed by atoms with Crippen LogP contribution in [0.4, 0.5) is 0 Å². The Hall–Kier alpha value is -1.10. The molecule has 0 bridgehead atoms. The molecule has 3 fully saturated rings. The first-order valence-corrected chi connectivity index (χ1v) is 8.78. The first-order chi connectivity index (χ1) is 10.5. The van der Waals surface area contributed by atoms with Gasteiger partial charge >= 0.3 is 11.8 Å². The van der Waals surface area contributed by atoms with Gasteiger partial charge in [-0.05, 0) is 38.5 Å². The molecule has 5 heteroatoms. The van der Waals surface area contributed by atoms with E-state index in [9.17, 15) is 9.59 Å². The van der Waals surface area contributed by atoms with Gasteiger partial charge in [0, 0.05) is 26.2 Å². The second-order valence-electron chi connectivity index (χ2n) is 7.31. The lowest BCUT2D eigenvalue weighted by Crippen LogP contribution is -2.55. The third kappa shape index (κ3) is 3.29. The smallest absolute Gasteiger partial charge is 0.312 e. The van der Waals surface area contributed by atoms with Crippen LogP contribution in [0.15, 0.2) is 0 Å². The fourth-order valence-corrected chi connectivity index (χ4v) is 4.40. The number of carbonyl (C=O) groups is 2. The van der Waals surface area contributed by atoms with Crippen LogP contribution in [-0.2, 0) is 14.3 Å². The molecule has 0 N–H and O–H groups in total. The maximum absolute atomic E-state index is 12.6. The molecule has 4 unspecified atom stereocenters. The summed E-state index contributed by atoms with van der Waals surface area (Å²) in [7, 11) is 0. The summed E-state index contributed by atoms with van der Waals surface area (Å²) in [6.07, 6.45) is 6.20. The van der Waals surface area contributed by atoms with E-state index < -0.39 is 0 Å². The summed E-state index contributed by atoms with van der Waals surface area (Å²) in [5.74, 6) is 0.750. The lowest BCUT2D eigenvalue weighted by molar-refractivity contribution is -0.159. The van der Waals surface area contributed by atoms with Gasteiger partial charge < -0.3 is 14.5 Å². The number of nitrogens with zero attached hydrogens (tertiary/aromatic N) is 2. The standard InChI is InChI=1S/C17H28N2O3/c1-12-9-19(10-13(2)22-12)17(21)16(20)18-8-7-14-5-3-4-6-15(14)11-18/h12-15H,3-11H2,1-2H3. The van der Waals surface area contributed by atoms with Crippen molar-refractivity contribution in [2.24, 2.45) is 11.8 Å². The quantitative estimate of drug-likeness (QED) is 0.640. The number of hydrogen-bond donors (Lipinski definition) is 0. The molecule has 2 saturated heterocycles. The molecule has 0 radical (unpaired) electrons. The van der Waals surface area contributed by atoms with Crippen LogP contribution in [0.5, 0.6) is 0 Å². The van der Waals surface area contributed by atoms with Crippen LogP contribution in [0, 0.1) is 11.8 Å². The van der Waals surface area contributed by atoms with E-state index in [2.05, 4.69) is 0 Å². The fraction of sp³-hybridized carbons (Fsp3) is 0.882. The molecule has 2 heterocycles. The summed E-state index contributed by atoms with van der Waals surface area (Å²) < 4.78 is 5.64. The minimum absolute atomic E-state index is 0.00424. The number of amides is 2. The first kappa shape index (κ1) is 15.8. The van der Waals surface area contributed by atoms with E-state index in [4.69, 9.17) is 4.74 Å². The number of likely N-dealkylation sites (tertiary alicyclic amines) is 1. The lowest BCUT2D eigenvalue weighted by atomic mass is 9.75. The van der Waals surface area contributed by atoms with Crippen molar-refractivity contribution in [1.82, 2.24) is 9.80 Å². The van der Waals surface area contributed by atoms with E-state index in [-0.39, 0.29) is 24.0 Å². The average molecular weight is 308 g/mol. The summed E-state index contributed by atoms with van der Waals surface area (Å²) in [6, 6.07) is 0. The maximum atomic E-state index is 12.6. The van der Waals surface area contributed by atoms with Crippen molar-refractivity contribution in [3.63, 3.8) is 0 Å². The number of hydrogen-bond acceptors (Lipinski definition) is 3. The van der Waals surface area contributed by atoms with Gasteiger partial charge in [-0.2, -0.15) is 0 Å². The Balaban J connectivity index is 1.59. The highest BCUT2D eigenvalue weighted by atomic mass is 16.5. The Morgan fingerprint density at radius 3 is 2.09 bits per heavy atom. The monoisotopic (exact) mass is 308 g/mol. The second-order valence-corrected chi connectivity index (χ2v) is 7.31. The van der Waals surface area contributed by atoms with Gasteiger partial charge in [0.15, 0.2) is 0 Å². The summed E-state index contributed by atoms with van der Waals surface area (Å²) in [5, 5.41) is 0. The van der Waals surface area contributed by atoms with Crippen molar-refractivity contribution < 1.29 is 14.3 Å². The van der Waals surface area contributed by atoms with E-state index in [0.29, 0.717) is 19.0 Å². The number of fused-ring (bicyclic) bond motifs is 1. The molecule has 5 nitrogen and oxygen atoms in total. The SMILES string of the molecule is CC1CN(C(=O)C(=O)N2CCC3CCCCC3C2)CC(C)O1. The van der Waals surface area contributed by atoms with E-state index in [1.807, 2.05) is 13.8 Å². The molecule has 1 aliphatic carbocycles. The van der Waals surface area contributed by atoms with Crippen LogP contribution in [0.3, 0.4) is 0 Å². The molecule has 4 atom stereocenters. The van der Waals surface area contributed by atoms with Gasteiger partial charge in [-0.15, -0.1) is 0 Å². The minimum atomic E-state index is -0.337. The maximum Gasteiger partial charge on any atom is 0.312 e. The van der Waals surface area contributed by atoms with Crippen molar-refractivity contribution >= 4 is 11.8 Å². The predicted molar refractivity (Wildman–Crippen MR) is 83.2 cm³/mol. The van der Waals surface area contributed by atoms with Crippen LogP contribution < -0.4 is 0 Å². The molecular formula is C17H28N2O3. The highest BCUT2D eigenvalue weighted by Gasteiger charge is 2.37. The number of morpholine rings is 1. The molecule has 0 aromatic carbocycles. The van der Waals surface area contributed by atoms with Crippen molar-refractivity contribution in [1.29, 1.82) is 0 Å². The summed E-state index contributed by atoms with van der Waals surface area (Å²) in [5.41, 5.74) is 0. The van der Waals surface area contributed by atoms with Crippen LogP contribution in [0.1, 0.15) is 46.0 Å². The van der Waals surface area contributed by atoms with Gasteiger partial charge in [0.25, 0.3) is 0 Å². The third-order valence-electron chi connectivity index (χ3n) is 5.47. The predicted octanol–water partition coefficient (Wildman–Crippen LogP) is 1.66. The van der Waals surface area contributed by atoms with Crippen LogP contribution >= 0.6 is 0 Å². The van der Waals surface area contributed by atoms with Gasteiger partial charge in [-0.3, -0.25) is 9.59 Å². The van der Waals surface area contributed by atoms with Gasteiger partial charge in [0.05, 0.1) is 12.2 Å². The number of piperidine rings is 1. The van der Waals surface area contributed by atoms with Crippen molar-refractivity contribution in [3.05, 3.63) is 0 Å². The largest absolute Gasteiger partial charge is 0.372 e. The van der Waals surface area contributed by atoms with Gasteiger partial charge in [-0.25, -0.2) is 0 Å². The summed E-state index contributed by atoms with van der Waals surface area (Å²) >= 11 is 0. The number of carbonyl (C=O) groups excluding carboxylic acids is 2. The molecule has 22 heavy (non-hydrogen) atoms. The molecule has 0 spiro atoms. The average Bonchev–Trinajstić information content (AvgIpc) is 2.52. The molecule has 1 saturated carbocycles. The highest BCUT2D eigenvalue weighted by molar-refractivity contribution is 6.34. The van der Waals surface area contributed by atoms with E-state index in [0.717, 1.165) is 25.4 Å². The molecule has 3 rings (SSSR count). The molecule has 2 amide bonds. The Morgan fingerprint density at radius 1 is 0.818 bits per heavy atom. The topological polar surface area (TPSA) is 49.9 Å². The van der Waals surface area contributed by atoms with Crippen LogP contribution in [0.25, 0.3) is 0 Å². The minimum Gasteiger partial charge on any atom is -0.372 e. The third-order valence-corrected chi connectivity index (χ3v) is 5.47. The van der Waals surface area contributed by atoms with Gasteiger partial charge in [0.2, 0.25) is 0 Å². The summed E-state index contributed by atoms with van der Waals surface area (Å²) in [6.45, 7) is 6.48. The van der Waals surface area contributed by atoms with Gasteiger partial charge in [-0.1, -0.05) is 19.3 Å². The molecule has 0 aromatic rings. The zero-order chi connectivity index (χ0) is 15.7. The zero-order valence-corrected chi connectivity index (χ0v) is 13.8. The Kier molecular flexibility index (Phi) is 4.71. The van der Waals surface area contributed by atoms with Crippen LogP contribution in [0.2, 0.25) is 0 Å². The van der Waals surface area contributed by atoms with Crippen molar-refractivity contribution in [2.75, 3.05) is 26.2 Å². The Bertz CT molecular complexity index is 430. The Labute approximate surface area is 133 Å².